The Morgan fingerprint density at radius 1 is 1.44 bits per heavy atom. The number of pyridine rings is 1. The summed E-state index contributed by atoms with van der Waals surface area (Å²) in [5.41, 5.74) is 1.63. The highest BCUT2D eigenvalue weighted by Crippen LogP contribution is 2.14. The number of rotatable bonds is 2. The van der Waals surface area contributed by atoms with E-state index in [0.717, 1.165) is 15.9 Å². The Bertz CT molecular complexity index is 421. The highest BCUT2D eigenvalue weighted by atomic mass is 79.9. The lowest BCUT2D eigenvalue weighted by Crippen LogP contribution is -2.20. The van der Waals surface area contributed by atoms with E-state index in [9.17, 15) is 4.21 Å². The zero-order valence-electron chi connectivity index (χ0n) is 9.82. The van der Waals surface area contributed by atoms with E-state index >= 15 is 0 Å². The second-order valence-electron chi connectivity index (χ2n) is 4.41. The SMILES string of the molecule is CC(=N[S@@](=O)C(C)(C)C)c1ccc(Br)nc1. The van der Waals surface area contributed by atoms with Gasteiger partial charge in [0.05, 0.1) is 10.5 Å². The van der Waals surface area contributed by atoms with Gasteiger partial charge in [0.25, 0.3) is 0 Å². The maximum Gasteiger partial charge on any atom is 0.145 e. The van der Waals surface area contributed by atoms with Gasteiger partial charge in [0.1, 0.15) is 15.6 Å². The van der Waals surface area contributed by atoms with Gasteiger partial charge in [-0.3, -0.25) is 0 Å². The van der Waals surface area contributed by atoms with Crippen LogP contribution < -0.4 is 0 Å². The first-order valence-electron chi connectivity index (χ1n) is 4.90. The van der Waals surface area contributed by atoms with Crippen LogP contribution in [0, 0.1) is 0 Å². The molecule has 0 aliphatic rings. The third-order valence-corrected chi connectivity index (χ3v) is 3.85. The van der Waals surface area contributed by atoms with Crippen LogP contribution in [0.2, 0.25) is 0 Å². The molecule has 0 aliphatic heterocycles. The molecule has 1 aromatic heterocycles. The van der Waals surface area contributed by atoms with Crippen LogP contribution in [0.5, 0.6) is 0 Å². The zero-order valence-corrected chi connectivity index (χ0v) is 12.2. The molecule has 0 unspecified atom stereocenters. The molecule has 0 bridgehead atoms. The van der Waals surface area contributed by atoms with Gasteiger partial charge in [-0.25, -0.2) is 9.19 Å². The van der Waals surface area contributed by atoms with E-state index in [4.69, 9.17) is 0 Å². The highest BCUT2D eigenvalue weighted by Gasteiger charge is 2.19. The maximum absolute atomic E-state index is 11.8. The van der Waals surface area contributed by atoms with Gasteiger partial charge >= 0.3 is 0 Å². The Hall–Kier alpha value is -0.550. The summed E-state index contributed by atoms with van der Waals surface area (Å²) < 4.78 is 16.4. The second-order valence-corrected chi connectivity index (χ2v) is 7.13. The molecule has 16 heavy (non-hydrogen) atoms. The summed E-state index contributed by atoms with van der Waals surface area (Å²) in [6.45, 7) is 7.55. The zero-order chi connectivity index (χ0) is 12.3. The van der Waals surface area contributed by atoms with E-state index in [-0.39, 0.29) is 4.75 Å². The smallest absolute Gasteiger partial charge is 0.145 e. The normalized spacial score (nSPS) is 14.9. The van der Waals surface area contributed by atoms with Crippen molar-refractivity contribution in [1.29, 1.82) is 0 Å². The largest absolute Gasteiger partial charge is 0.249 e. The number of aromatic nitrogens is 1. The first-order valence-corrected chi connectivity index (χ1v) is 6.80. The van der Waals surface area contributed by atoms with Crippen LogP contribution in [0.1, 0.15) is 33.3 Å². The summed E-state index contributed by atoms with van der Waals surface area (Å²) >= 11 is 3.27. The van der Waals surface area contributed by atoms with Gasteiger partial charge < -0.3 is 0 Å². The molecule has 0 fully saturated rings. The fourth-order valence-corrected chi connectivity index (χ4v) is 1.77. The van der Waals surface area contributed by atoms with Crippen molar-refractivity contribution in [3.63, 3.8) is 0 Å². The predicted molar refractivity (Wildman–Crippen MR) is 72.0 cm³/mol. The fourth-order valence-electron chi connectivity index (χ4n) is 0.904. The van der Waals surface area contributed by atoms with E-state index in [1.54, 1.807) is 6.20 Å². The Morgan fingerprint density at radius 2 is 2.06 bits per heavy atom. The van der Waals surface area contributed by atoms with Crippen molar-refractivity contribution in [2.24, 2.45) is 4.40 Å². The Balaban J connectivity index is 2.94. The molecular formula is C11H15BrN2OS. The molecule has 0 radical (unpaired) electrons. The molecule has 1 aromatic rings. The molecule has 0 aromatic carbocycles. The summed E-state index contributed by atoms with van der Waals surface area (Å²) in [4.78, 5) is 4.11. The van der Waals surface area contributed by atoms with Crippen molar-refractivity contribution in [2.75, 3.05) is 0 Å². The van der Waals surface area contributed by atoms with E-state index in [0.29, 0.717) is 0 Å². The first-order chi connectivity index (χ1) is 7.30. The summed E-state index contributed by atoms with van der Waals surface area (Å²) in [6, 6.07) is 3.74. The summed E-state index contributed by atoms with van der Waals surface area (Å²) in [5, 5.41) is 0. The van der Waals surface area contributed by atoms with E-state index < -0.39 is 11.0 Å². The van der Waals surface area contributed by atoms with Gasteiger partial charge in [0.2, 0.25) is 0 Å². The van der Waals surface area contributed by atoms with Crippen LogP contribution in [-0.2, 0) is 11.0 Å². The molecule has 88 valence electrons. The third-order valence-electron chi connectivity index (χ3n) is 1.89. The molecule has 0 N–H and O–H groups in total. The Labute approximate surface area is 107 Å². The second kappa shape index (κ2) is 5.19. The lowest BCUT2D eigenvalue weighted by molar-refractivity contribution is 0.650. The molecule has 3 nitrogen and oxygen atoms in total. The van der Waals surface area contributed by atoms with Gasteiger partial charge in [0.15, 0.2) is 0 Å². The van der Waals surface area contributed by atoms with Crippen LogP contribution in [0.3, 0.4) is 0 Å². The van der Waals surface area contributed by atoms with Gasteiger partial charge in [-0.2, -0.15) is 4.40 Å². The molecule has 1 rings (SSSR count). The number of halogens is 1. The number of hydrogen-bond acceptors (Lipinski definition) is 2. The van der Waals surface area contributed by atoms with Crippen molar-refractivity contribution in [2.45, 2.75) is 32.4 Å². The van der Waals surface area contributed by atoms with Crippen molar-refractivity contribution in [1.82, 2.24) is 4.98 Å². The van der Waals surface area contributed by atoms with E-state index in [1.807, 2.05) is 39.8 Å². The van der Waals surface area contributed by atoms with Gasteiger partial charge in [-0.05, 0) is 55.8 Å². The average Bonchev–Trinajstić information content (AvgIpc) is 2.17. The van der Waals surface area contributed by atoms with Crippen LogP contribution >= 0.6 is 15.9 Å². The fraction of sp³-hybridized carbons (Fsp3) is 0.455. The molecule has 1 atom stereocenters. The molecular weight excluding hydrogens is 288 g/mol. The topological polar surface area (TPSA) is 42.3 Å². The van der Waals surface area contributed by atoms with Crippen molar-refractivity contribution in [3.05, 3.63) is 28.5 Å². The summed E-state index contributed by atoms with van der Waals surface area (Å²) in [7, 11) is -1.22. The van der Waals surface area contributed by atoms with Crippen molar-refractivity contribution in [3.8, 4) is 0 Å². The molecule has 0 aliphatic carbocycles. The summed E-state index contributed by atoms with van der Waals surface area (Å²) in [5.74, 6) is 0. The Morgan fingerprint density at radius 3 is 2.50 bits per heavy atom. The monoisotopic (exact) mass is 302 g/mol. The minimum Gasteiger partial charge on any atom is -0.249 e. The molecule has 0 spiro atoms. The standard InChI is InChI=1S/C11H15BrN2OS/c1-8(14-16(15)11(2,3)4)9-5-6-10(12)13-7-9/h5-7H,1-4H3/t16-/m0/s1. The number of nitrogens with zero attached hydrogens (tertiary/aromatic N) is 2. The van der Waals surface area contributed by atoms with Gasteiger partial charge in [-0.1, -0.05) is 0 Å². The maximum atomic E-state index is 11.8. The predicted octanol–water partition coefficient (Wildman–Crippen LogP) is 3.12. The molecule has 0 amide bonds. The third kappa shape index (κ3) is 3.79. The van der Waals surface area contributed by atoms with Crippen molar-refractivity contribution >= 4 is 32.6 Å². The van der Waals surface area contributed by atoms with Gasteiger partial charge in [0, 0.05) is 11.8 Å². The lowest BCUT2D eigenvalue weighted by Gasteiger charge is -2.14. The summed E-state index contributed by atoms with van der Waals surface area (Å²) in [6.07, 6.45) is 1.71. The highest BCUT2D eigenvalue weighted by molar-refractivity contribution is 9.10. The van der Waals surface area contributed by atoms with Gasteiger partial charge in [-0.15, -0.1) is 0 Å². The molecule has 0 saturated heterocycles. The van der Waals surface area contributed by atoms with Crippen LogP contribution in [0.25, 0.3) is 0 Å². The molecule has 1 heterocycles. The van der Waals surface area contributed by atoms with Crippen LogP contribution in [0.4, 0.5) is 0 Å². The quantitative estimate of drug-likeness (QED) is 0.622. The van der Waals surface area contributed by atoms with E-state index in [1.165, 1.54) is 0 Å². The van der Waals surface area contributed by atoms with Crippen LogP contribution in [-0.4, -0.2) is 19.7 Å². The first kappa shape index (κ1) is 13.5. The lowest BCUT2D eigenvalue weighted by atomic mass is 10.2. The Kier molecular flexibility index (Phi) is 4.38. The molecule has 0 saturated carbocycles. The molecule has 5 heteroatoms. The van der Waals surface area contributed by atoms with E-state index in [2.05, 4.69) is 25.3 Å². The minimum absolute atomic E-state index is 0.329. The van der Waals surface area contributed by atoms with Crippen LogP contribution in [0.15, 0.2) is 27.3 Å². The minimum atomic E-state index is -1.22. The number of hydrogen-bond donors (Lipinski definition) is 0. The average molecular weight is 303 g/mol. The van der Waals surface area contributed by atoms with Crippen molar-refractivity contribution < 1.29 is 4.21 Å².